The Bertz CT molecular complexity index is 916. The Morgan fingerprint density at radius 2 is 1.38 bits per heavy atom. The summed E-state index contributed by atoms with van der Waals surface area (Å²) < 4.78 is 1.95. The molecule has 0 aliphatic rings. The molecule has 0 N–H and O–H groups in total. The summed E-state index contributed by atoms with van der Waals surface area (Å²) in [5.41, 5.74) is 5.20. The smallest absolute Gasteiger partial charge is 0.121 e. The van der Waals surface area contributed by atoms with Crippen molar-refractivity contribution in [2.24, 2.45) is 0 Å². The first-order chi connectivity index (χ1) is 11.9. The standard InChI is InChI=1S/C20H16N4/c1-3-7-16(8-4-1)15-24-20(18-11-13-21-14-12-18)19(22-23-24)17-9-5-2-6-10-17/h1-14H,15H2. The van der Waals surface area contributed by atoms with Crippen LogP contribution < -0.4 is 0 Å². The molecule has 0 aliphatic heterocycles. The lowest BCUT2D eigenvalue weighted by molar-refractivity contribution is 0.656. The summed E-state index contributed by atoms with van der Waals surface area (Å²) >= 11 is 0. The predicted molar refractivity (Wildman–Crippen MR) is 94.2 cm³/mol. The fraction of sp³-hybridized carbons (Fsp3) is 0.0500. The molecule has 4 heteroatoms. The van der Waals surface area contributed by atoms with Crippen LogP contribution in [0.1, 0.15) is 5.56 Å². The van der Waals surface area contributed by atoms with E-state index in [4.69, 9.17) is 0 Å². The van der Waals surface area contributed by atoms with Gasteiger partial charge in [0, 0.05) is 23.5 Å². The molecule has 4 aromatic rings. The van der Waals surface area contributed by atoms with Crippen LogP contribution in [0.15, 0.2) is 85.2 Å². The molecule has 24 heavy (non-hydrogen) atoms. The van der Waals surface area contributed by atoms with Crippen molar-refractivity contribution in [1.82, 2.24) is 20.0 Å². The number of rotatable bonds is 4. The van der Waals surface area contributed by atoms with Crippen LogP contribution in [0.5, 0.6) is 0 Å². The van der Waals surface area contributed by atoms with Crippen LogP contribution in [0.2, 0.25) is 0 Å². The van der Waals surface area contributed by atoms with Crippen molar-refractivity contribution in [3.63, 3.8) is 0 Å². The molecule has 0 saturated carbocycles. The Balaban J connectivity index is 1.84. The van der Waals surface area contributed by atoms with Gasteiger partial charge < -0.3 is 0 Å². The first-order valence-electron chi connectivity index (χ1n) is 7.85. The fourth-order valence-corrected chi connectivity index (χ4v) is 2.77. The second kappa shape index (κ2) is 6.46. The zero-order chi connectivity index (χ0) is 16.2. The number of hydrogen-bond donors (Lipinski definition) is 0. The van der Waals surface area contributed by atoms with E-state index in [1.807, 2.05) is 53.2 Å². The Kier molecular flexibility index (Phi) is 3.86. The zero-order valence-electron chi connectivity index (χ0n) is 13.1. The van der Waals surface area contributed by atoms with Crippen molar-refractivity contribution in [3.8, 4) is 22.5 Å². The predicted octanol–water partition coefficient (Wildman–Crippen LogP) is 4.06. The van der Waals surface area contributed by atoms with Crippen LogP contribution in [-0.4, -0.2) is 20.0 Å². The molecule has 0 atom stereocenters. The minimum Gasteiger partial charge on any atom is -0.265 e. The normalized spacial score (nSPS) is 10.7. The SMILES string of the molecule is c1ccc(Cn2nnc(-c3ccccc3)c2-c2ccncc2)cc1. The summed E-state index contributed by atoms with van der Waals surface area (Å²) in [6.07, 6.45) is 3.59. The molecule has 4 rings (SSSR count). The molecule has 0 radical (unpaired) electrons. The van der Waals surface area contributed by atoms with Gasteiger partial charge in [0.15, 0.2) is 0 Å². The van der Waals surface area contributed by atoms with E-state index in [1.54, 1.807) is 12.4 Å². The van der Waals surface area contributed by atoms with Gasteiger partial charge in [-0.3, -0.25) is 4.98 Å². The molecule has 0 aliphatic carbocycles. The van der Waals surface area contributed by atoms with E-state index in [9.17, 15) is 0 Å². The summed E-state index contributed by atoms with van der Waals surface area (Å²) in [5, 5.41) is 8.86. The molecule has 0 saturated heterocycles. The van der Waals surface area contributed by atoms with Crippen LogP contribution >= 0.6 is 0 Å². The first kappa shape index (κ1) is 14.3. The average molecular weight is 312 g/mol. The van der Waals surface area contributed by atoms with Crippen LogP contribution in [-0.2, 0) is 6.54 Å². The zero-order valence-corrected chi connectivity index (χ0v) is 13.1. The highest BCUT2D eigenvalue weighted by Gasteiger charge is 2.16. The molecule has 0 fully saturated rings. The van der Waals surface area contributed by atoms with Crippen molar-refractivity contribution in [3.05, 3.63) is 90.8 Å². The van der Waals surface area contributed by atoms with Gasteiger partial charge in [0.1, 0.15) is 5.69 Å². The second-order valence-electron chi connectivity index (χ2n) is 5.53. The minimum atomic E-state index is 0.679. The minimum absolute atomic E-state index is 0.679. The van der Waals surface area contributed by atoms with E-state index < -0.39 is 0 Å². The highest BCUT2D eigenvalue weighted by Crippen LogP contribution is 2.30. The number of aromatic nitrogens is 4. The average Bonchev–Trinajstić information content (AvgIpc) is 3.07. The molecule has 4 nitrogen and oxygen atoms in total. The van der Waals surface area contributed by atoms with E-state index in [0.717, 1.165) is 22.5 Å². The van der Waals surface area contributed by atoms with Gasteiger partial charge in [-0.1, -0.05) is 65.9 Å². The van der Waals surface area contributed by atoms with Crippen LogP contribution in [0.3, 0.4) is 0 Å². The molecule has 116 valence electrons. The van der Waals surface area contributed by atoms with E-state index in [1.165, 1.54) is 5.56 Å². The molecule has 0 amide bonds. The number of nitrogens with zero attached hydrogens (tertiary/aromatic N) is 4. The van der Waals surface area contributed by atoms with Crippen molar-refractivity contribution >= 4 is 0 Å². The summed E-state index contributed by atoms with van der Waals surface area (Å²) in [7, 11) is 0. The fourth-order valence-electron chi connectivity index (χ4n) is 2.77. The molecule has 2 aromatic carbocycles. The quantitative estimate of drug-likeness (QED) is 0.571. The summed E-state index contributed by atoms with van der Waals surface area (Å²) in [5.74, 6) is 0. The van der Waals surface area contributed by atoms with Crippen LogP contribution in [0, 0.1) is 0 Å². The van der Waals surface area contributed by atoms with Crippen LogP contribution in [0.25, 0.3) is 22.5 Å². The van der Waals surface area contributed by atoms with Gasteiger partial charge in [-0.15, -0.1) is 5.10 Å². The maximum absolute atomic E-state index is 4.45. The lowest BCUT2D eigenvalue weighted by Gasteiger charge is -2.08. The Morgan fingerprint density at radius 1 is 0.708 bits per heavy atom. The highest BCUT2D eigenvalue weighted by atomic mass is 15.4. The van der Waals surface area contributed by atoms with Crippen molar-refractivity contribution < 1.29 is 0 Å². The highest BCUT2D eigenvalue weighted by molar-refractivity contribution is 5.77. The molecule has 0 unspecified atom stereocenters. The Morgan fingerprint density at radius 3 is 2.08 bits per heavy atom. The lowest BCUT2D eigenvalue weighted by Crippen LogP contribution is -2.04. The van der Waals surface area contributed by atoms with Gasteiger partial charge in [-0.2, -0.15) is 0 Å². The third kappa shape index (κ3) is 2.82. The maximum atomic E-state index is 4.45. The molecule has 0 bridgehead atoms. The molecule has 0 spiro atoms. The van der Waals surface area contributed by atoms with E-state index >= 15 is 0 Å². The topological polar surface area (TPSA) is 43.6 Å². The lowest BCUT2D eigenvalue weighted by atomic mass is 10.1. The van der Waals surface area contributed by atoms with Gasteiger partial charge >= 0.3 is 0 Å². The molecule has 2 aromatic heterocycles. The van der Waals surface area contributed by atoms with E-state index in [2.05, 4.69) is 39.6 Å². The molecule has 2 heterocycles. The number of benzene rings is 2. The van der Waals surface area contributed by atoms with Gasteiger partial charge in [0.2, 0.25) is 0 Å². The van der Waals surface area contributed by atoms with Crippen molar-refractivity contribution in [1.29, 1.82) is 0 Å². The van der Waals surface area contributed by atoms with Gasteiger partial charge in [-0.05, 0) is 17.7 Å². The first-order valence-corrected chi connectivity index (χ1v) is 7.85. The molecular formula is C20H16N4. The summed E-state index contributed by atoms with van der Waals surface area (Å²) in [6, 6.07) is 24.4. The van der Waals surface area contributed by atoms with Crippen molar-refractivity contribution in [2.75, 3.05) is 0 Å². The Hall–Kier alpha value is -3.27. The maximum Gasteiger partial charge on any atom is 0.121 e. The largest absolute Gasteiger partial charge is 0.265 e. The third-order valence-electron chi connectivity index (χ3n) is 3.91. The van der Waals surface area contributed by atoms with Gasteiger partial charge in [-0.25, -0.2) is 4.68 Å². The van der Waals surface area contributed by atoms with Gasteiger partial charge in [0.25, 0.3) is 0 Å². The third-order valence-corrected chi connectivity index (χ3v) is 3.91. The summed E-state index contributed by atoms with van der Waals surface area (Å²) in [6.45, 7) is 0.679. The van der Waals surface area contributed by atoms with E-state index in [-0.39, 0.29) is 0 Å². The number of hydrogen-bond acceptors (Lipinski definition) is 3. The van der Waals surface area contributed by atoms with Gasteiger partial charge in [0.05, 0.1) is 12.2 Å². The monoisotopic (exact) mass is 312 g/mol. The summed E-state index contributed by atoms with van der Waals surface area (Å²) in [4.78, 5) is 4.12. The molecular weight excluding hydrogens is 296 g/mol. The number of pyridine rings is 1. The van der Waals surface area contributed by atoms with Crippen LogP contribution in [0.4, 0.5) is 0 Å². The van der Waals surface area contributed by atoms with Crippen molar-refractivity contribution in [2.45, 2.75) is 6.54 Å². The second-order valence-corrected chi connectivity index (χ2v) is 5.53. The Labute approximate surface area is 140 Å². The van der Waals surface area contributed by atoms with E-state index in [0.29, 0.717) is 6.54 Å².